The van der Waals surface area contributed by atoms with Gasteiger partial charge in [0.1, 0.15) is 11.6 Å². The predicted octanol–water partition coefficient (Wildman–Crippen LogP) is 5.16. The van der Waals surface area contributed by atoms with Gasteiger partial charge in [0.15, 0.2) is 11.5 Å². The first kappa shape index (κ1) is 19.5. The summed E-state index contributed by atoms with van der Waals surface area (Å²) >= 11 is 0. The molecule has 6 heteroatoms. The number of benzene rings is 2. The maximum Gasteiger partial charge on any atom is 0.231 e. The van der Waals surface area contributed by atoms with E-state index >= 15 is 4.39 Å². The molecule has 2 aromatic carbocycles. The molecule has 0 saturated carbocycles. The molecule has 28 heavy (non-hydrogen) atoms. The summed E-state index contributed by atoms with van der Waals surface area (Å²) in [5.41, 5.74) is 2.15. The van der Waals surface area contributed by atoms with Gasteiger partial charge in [-0.1, -0.05) is 12.1 Å². The third-order valence-electron chi connectivity index (χ3n) is 6.47. The second-order valence-corrected chi connectivity index (χ2v) is 8.07. The molecule has 2 aromatic rings. The molecule has 0 amide bonds. The maximum atomic E-state index is 15.2. The van der Waals surface area contributed by atoms with Crippen LogP contribution in [0.5, 0.6) is 11.5 Å². The Morgan fingerprint density at radius 2 is 1.89 bits per heavy atom. The van der Waals surface area contributed by atoms with Gasteiger partial charge >= 0.3 is 0 Å². The van der Waals surface area contributed by atoms with E-state index in [4.69, 9.17) is 9.47 Å². The number of hydrogen-bond acceptors (Lipinski definition) is 3. The zero-order valence-electron chi connectivity index (χ0n) is 15.8. The van der Waals surface area contributed by atoms with E-state index in [0.29, 0.717) is 17.9 Å². The normalized spacial score (nSPS) is 26.0. The number of likely N-dealkylation sites (tertiary alicyclic amines) is 1. The van der Waals surface area contributed by atoms with Crippen molar-refractivity contribution in [2.24, 2.45) is 0 Å². The highest BCUT2D eigenvalue weighted by Crippen LogP contribution is 2.53. The minimum atomic E-state index is -0.438. The van der Waals surface area contributed by atoms with Gasteiger partial charge in [-0.3, -0.25) is 4.90 Å². The van der Waals surface area contributed by atoms with E-state index in [-0.39, 0.29) is 36.8 Å². The van der Waals surface area contributed by atoms with E-state index in [2.05, 4.69) is 11.8 Å². The average Bonchev–Trinajstić information content (AvgIpc) is 3.33. The molecule has 1 fully saturated rings. The summed E-state index contributed by atoms with van der Waals surface area (Å²) in [5.74, 6) is 0.799. The van der Waals surface area contributed by atoms with Crippen molar-refractivity contribution in [2.75, 3.05) is 19.9 Å². The quantitative estimate of drug-likeness (QED) is 0.686. The van der Waals surface area contributed by atoms with E-state index < -0.39 is 5.54 Å². The second kappa shape index (κ2) is 7.20. The molecule has 5 rings (SSSR count). The molecule has 150 valence electrons. The van der Waals surface area contributed by atoms with Crippen LogP contribution in [0.1, 0.15) is 48.8 Å². The van der Waals surface area contributed by atoms with Gasteiger partial charge < -0.3 is 9.47 Å². The Bertz CT molecular complexity index is 900. The Morgan fingerprint density at radius 1 is 1.11 bits per heavy atom. The SMILES string of the molecule is CC1(N2CCCC2)CC(c2cccc(F)c2)Cc2c3c(cc(F)c21)OCO3.Cl. The highest BCUT2D eigenvalue weighted by Gasteiger charge is 2.46. The van der Waals surface area contributed by atoms with Gasteiger partial charge in [0, 0.05) is 22.7 Å². The first-order valence-electron chi connectivity index (χ1n) is 9.68. The van der Waals surface area contributed by atoms with Crippen LogP contribution in [0.3, 0.4) is 0 Å². The lowest BCUT2D eigenvalue weighted by Gasteiger charge is -2.46. The Labute approximate surface area is 170 Å². The minimum absolute atomic E-state index is 0. The molecule has 3 aliphatic rings. The highest BCUT2D eigenvalue weighted by atomic mass is 35.5. The van der Waals surface area contributed by atoms with Crippen molar-refractivity contribution >= 4 is 12.4 Å². The van der Waals surface area contributed by atoms with Crippen LogP contribution in [0.2, 0.25) is 0 Å². The van der Waals surface area contributed by atoms with Gasteiger partial charge in [-0.2, -0.15) is 0 Å². The van der Waals surface area contributed by atoms with Crippen LogP contribution in [0.15, 0.2) is 30.3 Å². The highest BCUT2D eigenvalue weighted by molar-refractivity contribution is 5.85. The van der Waals surface area contributed by atoms with Gasteiger partial charge in [0.25, 0.3) is 0 Å². The van der Waals surface area contributed by atoms with Gasteiger partial charge in [-0.15, -0.1) is 12.4 Å². The van der Waals surface area contributed by atoms with Crippen molar-refractivity contribution in [3.05, 3.63) is 58.7 Å². The van der Waals surface area contributed by atoms with Crippen molar-refractivity contribution in [1.29, 1.82) is 0 Å². The Kier molecular flexibility index (Phi) is 5.00. The topological polar surface area (TPSA) is 21.7 Å². The lowest BCUT2D eigenvalue weighted by Crippen LogP contribution is -2.47. The van der Waals surface area contributed by atoms with Crippen molar-refractivity contribution in [1.82, 2.24) is 4.90 Å². The average molecular weight is 408 g/mol. The molecule has 1 saturated heterocycles. The van der Waals surface area contributed by atoms with Gasteiger partial charge in [-0.05, 0) is 69.3 Å². The number of nitrogens with zero attached hydrogens (tertiary/aromatic N) is 1. The second-order valence-electron chi connectivity index (χ2n) is 8.07. The summed E-state index contributed by atoms with van der Waals surface area (Å²) in [7, 11) is 0. The summed E-state index contributed by atoms with van der Waals surface area (Å²) in [6.45, 7) is 4.17. The lowest BCUT2D eigenvalue weighted by atomic mass is 9.69. The van der Waals surface area contributed by atoms with Crippen molar-refractivity contribution < 1.29 is 18.3 Å². The lowest BCUT2D eigenvalue weighted by molar-refractivity contribution is 0.0995. The monoisotopic (exact) mass is 407 g/mol. The third-order valence-corrected chi connectivity index (χ3v) is 6.47. The number of rotatable bonds is 2. The first-order valence-corrected chi connectivity index (χ1v) is 9.68. The molecular weight excluding hydrogens is 384 g/mol. The number of ether oxygens (including phenoxy) is 2. The first-order chi connectivity index (χ1) is 13.1. The third kappa shape index (κ3) is 2.96. The molecule has 0 aromatic heterocycles. The molecule has 2 aliphatic heterocycles. The molecule has 3 nitrogen and oxygen atoms in total. The Hall–Kier alpha value is -1.85. The van der Waals surface area contributed by atoms with Crippen LogP contribution in [0, 0.1) is 11.6 Å². The molecule has 2 atom stereocenters. The molecule has 0 bridgehead atoms. The summed E-state index contributed by atoms with van der Waals surface area (Å²) in [6.07, 6.45) is 3.65. The largest absolute Gasteiger partial charge is 0.453 e. The molecule has 0 spiro atoms. The minimum Gasteiger partial charge on any atom is -0.453 e. The summed E-state index contributed by atoms with van der Waals surface area (Å²) < 4.78 is 40.3. The van der Waals surface area contributed by atoms with Crippen LogP contribution in [0.25, 0.3) is 0 Å². The van der Waals surface area contributed by atoms with E-state index in [0.717, 1.165) is 49.0 Å². The van der Waals surface area contributed by atoms with Crippen LogP contribution in [0.4, 0.5) is 8.78 Å². The van der Waals surface area contributed by atoms with Crippen molar-refractivity contribution in [3.63, 3.8) is 0 Å². The van der Waals surface area contributed by atoms with E-state index in [9.17, 15) is 4.39 Å². The zero-order valence-corrected chi connectivity index (χ0v) is 16.7. The molecule has 2 unspecified atom stereocenters. The van der Waals surface area contributed by atoms with Crippen LogP contribution in [-0.2, 0) is 12.0 Å². The molecule has 0 radical (unpaired) electrons. The maximum absolute atomic E-state index is 15.2. The van der Waals surface area contributed by atoms with Crippen molar-refractivity contribution in [2.45, 2.75) is 44.1 Å². The zero-order chi connectivity index (χ0) is 18.6. The summed E-state index contributed by atoms with van der Waals surface area (Å²) in [6, 6.07) is 8.27. The van der Waals surface area contributed by atoms with Crippen molar-refractivity contribution in [3.8, 4) is 11.5 Å². The molecule has 2 heterocycles. The van der Waals surface area contributed by atoms with Gasteiger partial charge in [0.05, 0.1) is 0 Å². The molecule has 1 aliphatic carbocycles. The smallest absolute Gasteiger partial charge is 0.231 e. The summed E-state index contributed by atoms with van der Waals surface area (Å²) in [5, 5.41) is 0. The molecular formula is C22H24ClF2NO2. The van der Waals surface area contributed by atoms with Gasteiger partial charge in [-0.25, -0.2) is 8.78 Å². The fraction of sp³-hybridized carbons (Fsp3) is 0.455. The van der Waals surface area contributed by atoms with Crippen LogP contribution < -0.4 is 9.47 Å². The standard InChI is InChI=1S/C22H23F2NO2.ClH/c1-22(25-7-2-3-8-25)12-15(14-5-4-6-16(23)9-14)10-17-20(22)18(24)11-19-21(17)27-13-26-19;/h4-6,9,11,15H,2-3,7-8,10,12-13H2,1H3;1H. The summed E-state index contributed by atoms with van der Waals surface area (Å²) in [4.78, 5) is 2.39. The van der Waals surface area contributed by atoms with E-state index in [1.165, 1.54) is 12.1 Å². The van der Waals surface area contributed by atoms with Gasteiger partial charge in [0.2, 0.25) is 6.79 Å². The fourth-order valence-corrected chi connectivity index (χ4v) is 5.25. The Morgan fingerprint density at radius 3 is 2.64 bits per heavy atom. The number of hydrogen-bond donors (Lipinski definition) is 0. The number of fused-ring (bicyclic) bond motifs is 3. The van der Waals surface area contributed by atoms with E-state index in [1.54, 1.807) is 12.1 Å². The Balaban J connectivity index is 0.00000192. The number of halogens is 3. The van der Waals surface area contributed by atoms with E-state index in [1.807, 2.05) is 6.07 Å². The predicted molar refractivity (Wildman–Crippen MR) is 105 cm³/mol. The van der Waals surface area contributed by atoms with Crippen LogP contribution in [-0.4, -0.2) is 24.8 Å². The van der Waals surface area contributed by atoms with Crippen LogP contribution >= 0.6 is 12.4 Å². The fourth-order valence-electron chi connectivity index (χ4n) is 5.25. The molecule has 0 N–H and O–H groups in total.